The number of amides is 1. The molecule has 1 aromatic heterocycles. The van der Waals surface area contributed by atoms with Crippen LogP contribution in [0.3, 0.4) is 0 Å². The van der Waals surface area contributed by atoms with E-state index in [2.05, 4.69) is 15.3 Å². The van der Waals surface area contributed by atoms with E-state index >= 15 is 0 Å². The predicted octanol–water partition coefficient (Wildman–Crippen LogP) is 2.03. The Kier molecular flexibility index (Phi) is 5.57. The van der Waals surface area contributed by atoms with Gasteiger partial charge in [-0.05, 0) is 31.4 Å². The topological polar surface area (TPSA) is 95.2 Å². The second-order valence-electron chi connectivity index (χ2n) is 6.54. The lowest BCUT2D eigenvalue weighted by Gasteiger charge is -2.31. The van der Waals surface area contributed by atoms with Gasteiger partial charge in [-0.25, -0.2) is 22.1 Å². The lowest BCUT2D eigenvalue weighted by atomic mass is 10.1. The van der Waals surface area contributed by atoms with Crippen molar-refractivity contribution in [3.8, 4) is 0 Å². The van der Waals surface area contributed by atoms with Gasteiger partial charge in [-0.3, -0.25) is 4.79 Å². The molecule has 1 aliphatic heterocycles. The van der Waals surface area contributed by atoms with Crippen molar-refractivity contribution in [3.05, 3.63) is 29.8 Å². The summed E-state index contributed by atoms with van der Waals surface area (Å²) < 4.78 is 40.3. The van der Waals surface area contributed by atoms with Gasteiger partial charge in [0.05, 0.1) is 23.2 Å². The van der Waals surface area contributed by atoms with Crippen molar-refractivity contribution in [2.45, 2.75) is 38.6 Å². The molecule has 2 aromatic rings. The van der Waals surface area contributed by atoms with Crippen molar-refractivity contribution >= 4 is 27.0 Å². The molecular formula is C17H23FN4O3S. The van der Waals surface area contributed by atoms with Gasteiger partial charge < -0.3 is 10.3 Å². The van der Waals surface area contributed by atoms with Crippen molar-refractivity contribution in [3.63, 3.8) is 0 Å². The van der Waals surface area contributed by atoms with Gasteiger partial charge in [-0.2, -0.15) is 0 Å². The third kappa shape index (κ3) is 3.88. The first-order valence-corrected chi connectivity index (χ1v) is 10.4. The molecule has 0 saturated carbocycles. The minimum atomic E-state index is -3.23. The smallest absolute Gasteiger partial charge is 0.254 e. The maximum atomic E-state index is 14.4. The van der Waals surface area contributed by atoms with Gasteiger partial charge in [0.25, 0.3) is 5.91 Å². The second kappa shape index (κ2) is 7.71. The third-order valence-corrected chi connectivity index (χ3v) is 6.67. The first-order valence-electron chi connectivity index (χ1n) is 8.82. The van der Waals surface area contributed by atoms with Crippen LogP contribution in [0.25, 0.3) is 11.0 Å². The summed E-state index contributed by atoms with van der Waals surface area (Å²) in [5.74, 6) is -0.990. The Hall–Kier alpha value is -2.00. The number of piperidine rings is 1. The lowest BCUT2D eigenvalue weighted by molar-refractivity contribution is 0.0920. The van der Waals surface area contributed by atoms with Crippen LogP contribution >= 0.6 is 0 Å². The molecule has 0 unspecified atom stereocenters. The number of unbranched alkanes of at least 4 members (excludes halogenated alkanes) is 1. The van der Waals surface area contributed by atoms with Crippen molar-refractivity contribution in [1.29, 1.82) is 0 Å². The maximum absolute atomic E-state index is 14.4. The fraction of sp³-hybridized carbons (Fsp3) is 0.529. The number of rotatable bonds is 6. The first kappa shape index (κ1) is 18.8. The molecule has 7 nitrogen and oxygen atoms in total. The summed E-state index contributed by atoms with van der Waals surface area (Å²) in [6, 6.07) is 2.87. The van der Waals surface area contributed by atoms with Crippen LogP contribution in [0.2, 0.25) is 0 Å². The number of aromatic nitrogens is 2. The number of H-pyrrole nitrogens is 1. The van der Waals surface area contributed by atoms with Crippen molar-refractivity contribution in [2.24, 2.45) is 0 Å². The number of benzene rings is 1. The number of nitrogens with one attached hydrogen (secondary N) is 2. The van der Waals surface area contributed by atoms with Gasteiger partial charge in [0.1, 0.15) is 5.52 Å². The largest absolute Gasteiger partial charge is 0.349 e. The molecule has 3 rings (SSSR count). The van der Waals surface area contributed by atoms with E-state index < -0.39 is 21.7 Å². The fourth-order valence-corrected chi connectivity index (χ4v) is 4.83. The summed E-state index contributed by atoms with van der Waals surface area (Å²) in [6.45, 7) is 2.70. The van der Waals surface area contributed by atoms with E-state index in [-0.39, 0.29) is 22.9 Å². The Morgan fingerprint density at radius 3 is 2.81 bits per heavy atom. The average Bonchev–Trinajstić information content (AvgIpc) is 3.10. The fourth-order valence-electron chi connectivity index (χ4n) is 3.15. The first-order chi connectivity index (χ1) is 12.4. The highest BCUT2D eigenvalue weighted by Gasteiger charge is 2.29. The molecule has 1 aromatic carbocycles. The van der Waals surface area contributed by atoms with E-state index in [1.807, 2.05) is 6.92 Å². The van der Waals surface area contributed by atoms with Crippen LogP contribution in [0.15, 0.2) is 18.5 Å². The molecule has 0 bridgehead atoms. The highest BCUT2D eigenvalue weighted by atomic mass is 32.2. The molecule has 0 spiro atoms. The maximum Gasteiger partial charge on any atom is 0.254 e. The molecule has 0 atom stereocenters. The van der Waals surface area contributed by atoms with E-state index in [4.69, 9.17) is 0 Å². The zero-order chi connectivity index (χ0) is 18.7. The molecule has 26 heavy (non-hydrogen) atoms. The van der Waals surface area contributed by atoms with Crippen LogP contribution in [0.4, 0.5) is 4.39 Å². The number of carbonyl (C=O) groups excluding carboxylic acids is 1. The van der Waals surface area contributed by atoms with Gasteiger partial charge in [0.2, 0.25) is 10.0 Å². The molecule has 1 amide bonds. The summed E-state index contributed by atoms with van der Waals surface area (Å²) in [5, 5.41) is 2.81. The number of hydrogen-bond donors (Lipinski definition) is 2. The Labute approximate surface area is 152 Å². The number of aromatic amines is 1. The normalized spacial score (nSPS) is 16.8. The van der Waals surface area contributed by atoms with Gasteiger partial charge in [-0.15, -0.1) is 0 Å². The molecule has 2 heterocycles. The van der Waals surface area contributed by atoms with Gasteiger partial charge in [0.15, 0.2) is 5.82 Å². The number of hydrogen-bond acceptors (Lipinski definition) is 4. The van der Waals surface area contributed by atoms with E-state index in [0.29, 0.717) is 37.9 Å². The summed E-state index contributed by atoms with van der Waals surface area (Å²) in [6.07, 6.45) is 3.89. The van der Waals surface area contributed by atoms with Crippen molar-refractivity contribution in [2.75, 3.05) is 18.8 Å². The van der Waals surface area contributed by atoms with Crippen LogP contribution in [0.1, 0.15) is 43.0 Å². The standard InChI is InChI=1S/C17H23FN4O3S/c1-2-3-10-26(24,25)22-8-6-12(7-9-22)21-17(23)13-4-5-14-16(15(13)18)20-11-19-14/h4-5,11-12H,2-3,6-10H2,1H3,(H,19,20)(H,21,23). The molecule has 0 radical (unpaired) electrons. The number of halogens is 1. The van der Waals surface area contributed by atoms with Crippen molar-refractivity contribution in [1.82, 2.24) is 19.6 Å². The van der Waals surface area contributed by atoms with Crippen LogP contribution in [-0.2, 0) is 10.0 Å². The third-order valence-electron chi connectivity index (χ3n) is 4.71. The molecule has 2 N–H and O–H groups in total. The molecule has 1 fully saturated rings. The zero-order valence-electron chi connectivity index (χ0n) is 14.7. The summed E-state index contributed by atoms with van der Waals surface area (Å²) in [4.78, 5) is 19.1. The predicted molar refractivity (Wildman–Crippen MR) is 96.8 cm³/mol. The minimum Gasteiger partial charge on any atom is -0.349 e. The van der Waals surface area contributed by atoms with Gasteiger partial charge >= 0.3 is 0 Å². The molecule has 1 aliphatic rings. The number of fused-ring (bicyclic) bond motifs is 1. The SMILES string of the molecule is CCCCS(=O)(=O)N1CCC(NC(=O)c2ccc3[nH]cnc3c2F)CC1. The molecule has 1 saturated heterocycles. The summed E-state index contributed by atoms with van der Waals surface area (Å²) >= 11 is 0. The molecular weight excluding hydrogens is 359 g/mol. The Bertz CT molecular complexity index is 889. The quantitative estimate of drug-likeness (QED) is 0.799. The molecule has 9 heteroatoms. The zero-order valence-corrected chi connectivity index (χ0v) is 15.5. The van der Waals surface area contributed by atoms with E-state index in [0.717, 1.165) is 6.42 Å². The highest BCUT2D eigenvalue weighted by molar-refractivity contribution is 7.89. The van der Waals surface area contributed by atoms with E-state index in [1.165, 1.54) is 16.7 Å². The van der Waals surface area contributed by atoms with Crippen molar-refractivity contribution < 1.29 is 17.6 Å². The number of nitrogens with zero attached hydrogens (tertiary/aromatic N) is 2. The van der Waals surface area contributed by atoms with E-state index in [1.54, 1.807) is 6.07 Å². The molecule has 0 aliphatic carbocycles. The molecule has 142 valence electrons. The summed E-state index contributed by atoms with van der Waals surface area (Å²) in [7, 11) is -3.23. The van der Waals surface area contributed by atoms with E-state index in [9.17, 15) is 17.6 Å². The van der Waals surface area contributed by atoms with Crippen LogP contribution in [0, 0.1) is 5.82 Å². The Balaban J connectivity index is 1.60. The van der Waals surface area contributed by atoms with Gasteiger partial charge in [0, 0.05) is 19.1 Å². The minimum absolute atomic E-state index is 0.0532. The Morgan fingerprint density at radius 2 is 2.12 bits per heavy atom. The average molecular weight is 382 g/mol. The number of sulfonamides is 1. The van der Waals surface area contributed by atoms with Gasteiger partial charge in [-0.1, -0.05) is 13.3 Å². The monoisotopic (exact) mass is 382 g/mol. The number of carbonyl (C=O) groups is 1. The van der Waals surface area contributed by atoms with Crippen LogP contribution < -0.4 is 5.32 Å². The number of imidazole rings is 1. The van der Waals surface area contributed by atoms with Crippen LogP contribution in [0.5, 0.6) is 0 Å². The second-order valence-corrected chi connectivity index (χ2v) is 8.63. The Morgan fingerprint density at radius 1 is 1.38 bits per heavy atom. The highest BCUT2D eigenvalue weighted by Crippen LogP contribution is 2.19. The van der Waals surface area contributed by atoms with Crippen LogP contribution in [-0.4, -0.2) is 53.5 Å². The summed E-state index contributed by atoms with van der Waals surface area (Å²) in [5.41, 5.74) is 0.613. The lowest BCUT2D eigenvalue weighted by Crippen LogP contribution is -2.47.